The Labute approximate surface area is 199 Å². The molecule has 0 spiro atoms. The standard InChI is InChI=1S/C22H22BrN3O2S.BrH/c1-4-14-26-20(16-8-12-19(13-9-16)28-5-2)15(3)29-22(26)25-24-21(27)17-6-10-18(23)11-7-17;/h4,6-13H,1,5,14H2,2-3H3,(H,24,27);1H/b25-22-;. The summed E-state index contributed by atoms with van der Waals surface area (Å²) in [5.74, 6) is 0.586. The number of nitrogens with zero attached hydrogens (tertiary/aromatic N) is 2. The van der Waals surface area contributed by atoms with Gasteiger partial charge in [0.2, 0.25) is 4.80 Å². The first-order valence-corrected chi connectivity index (χ1v) is 10.8. The van der Waals surface area contributed by atoms with Crippen LogP contribution >= 0.6 is 44.2 Å². The molecule has 8 heteroatoms. The zero-order valence-corrected chi connectivity index (χ0v) is 20.8. The van der Waals surface area contributed by atoms with E-state index >= 15 is 0 Å². The molecule has 1 aromatic heterocycles. The summed E-state index contributed by atoms with van der Waals surface area (Å²) in [6.07, 6.45) is 1.82. The van der Waals surface area contributed by atoms with Gasteiger partial charge in [-0.1, -0.05) is 33.3 Å². The number of ether oxygens (including phenoxy) is 1. The Morgan fingerprint density at radius 3 is 2.50 bits per heavy atom. The molecule has 2 aromatic carbocycles. The maximum atomic E-state index is 12.4. The van der Waals surface area contributed by atoms with Crippen molar-refractivity contribution in [3.05, 3.63) is 80.9 Å². The monoisotopic (exact) mass is 551 g/mol. The number of rotatable bonds is 7. The van der Waals surface area contributed by atoms with Gasteiger partial charge in [0.15, 0.2) is 0 Å². The predicted octanol–water partition coefficient (Wildman–Crippen LogP) is 5.70. The fraction of sp³-hybridized carbons (Fsp3) is 0.182. The normalized spacial score (nSPS) is 11.0. The van der Waals surface area contributed by atoms with E-state index in [2.05, 4.69) is 33.0 Å². The van der Waals surface area contributed by atoms with Gasteiger partial charge in [-0.3, -0.25) is 4.79 Å². The molecule has 0 bridgehead atoms. The Hall–Kier alpha value is -2.16. The molecule has 0 atom stereocenters. The summed E-state index contributed by atoms with van der Waals surface area (Å²) in [5, 5.41) is 4.38. The third-order valence-corrected chi connectivity index (χ3v) is 5.71. The number of allylic oxidation sites excluding steroid dienone is 1. The van der Waals surface area contributed by atoms with Crippen LogP contribution in [0.2, 0.25) is 0 Å². The molecule has 3 aromatic rings. The van der Waals surface area contributed by atoms with E-state index in [1.165, 1.54) is 11.3 Å². The number of thiazole rings is 1. The summed E-state index contributed by atoms with van der Waals surface area (Å²) < 4.78 is 8.50. The quantitative estimate of drug-likeness (QED) is 0.302. The first kappa shape index (κ1) is 24.1. The highest BCUT2D eigenvalue weighted by atomic mass is 79.9. The molecule has 30 heavy (non-hydrogen) atoms. The van der Waals surface area contributed by atoms with Crippen LogP contribution < -0.4 is 15.0 Å². The third kappa shape index (κ3) is 5.71. The average molecular weight is 553 g/mol. The number of benzene rings is 2. The molecule has 0 aliphatic heterocycles. The molecule has 0 saturated heterocycles. The molecule has 0 saturated carbocycles. The summed E-state index contributed by atoms with van der Waals surface area (Å²) in [5.41, 5.74) is 5.32. The van der Waals surface area contributed by atoms with Gasteiger partial charge in [-0.25, -0.2) is 5.43 Å². The lowest BCUT2D eigenvalue weighted by atomic mass is 10.1. The fourth-order valence-electron chi connectivity index (χ4n) is 2.91. The SMILES string of the molecule is Br.C=CCn1c(-c2ccc(OCC)cc2)c(C)s/c1=N\NC(=O)c1ccc(Br)cc1. The van der Waals surface area contributed by atoms with Gasteiger partial charge >= 0.3 is 0 Å². The van der Waals surface area contributed by atoms with E-state index in [1.807, 2.05) is 60.9 Å². The lowest BCUT2D eigenvalue weighted by Gasteiger charge is -2.09. The minimum Gasteiger partial charge on any atom is -0.494 e. The van der Waals surface area contributed by atoms with Crippen molar-refractivity contribution in [2.45, 2.75) is 20.4 Å². The summed E-state index contributed by atoms with van der Waals surface area (Å²) in [7, 11) is 0. The lowest BCUT2D eigenvalue weighted by Crippen LogP contribution is -2.24. The molecule has 0 radical (unpaired) electrons. The van der Waals surface area contributed by atoms with Crippen molar-refractivity contribution in [2.75, 3.05) is 6.61 Å². The molecule has 0 aliphatic carbocycles. The van der Waals surface area contributed by atoms with E-state index in [4.69, 9.17) is 4.74 Å². The number of nitrogens with one attached hydrogen (secondary N) is 1. The minimum atomic E-state index is -0.253. The molecule has 1 N–H and O–H groups in total. The number of aryl methyl sites for hydroxylation is 1. The van der Waals surface area contributed by atoms with Crippen molar-refractivity contribution in [2.24, 2.45) is 5.10 Å². The smallest absolute Gasteiger partial charge is 0.271 e. The van der Waals surface area contributed by atoms with Gasteiger partial charge in [0.25, 0.3) is 5.91 Å². The van der Waals surface area contributed by atoms with Gasteiger partial charge in [-0.15, -0.1) is 28.7 Å². The highest BCUT2D eigenvalue weighted by Crippen LogP contribution is 2.27. The highest BCUT2D eigenvalue weighted by Gasteiger charge is 2.13. The molecule has 0 aliphatic rings. The van der Waals surface area contributed by atoms with Crippen molar-refractivity contribution >= 4 is 50.2 Å². The van der Waals surface area contributed by atoms with Crippen molar-refractivity contribution < 1.29 is 9.53 Å². The average Bonchev–Trinajstić information content (AvgIpc) is 3.03. The number of hydrogen-bond donors (Lipinski definition) is 1. The molecular formula is C22H23Br2N3O2S. The zero-order valence-electron chi connectivity index (χ0n) is 16.7. The minimum absolute atomic E-state index is 0. The Balaban J connectivity index is 0.00000320. The van der Waals surface area contributed by atoms with E-state index in [9.17, 15) is 4.79 Å². The number of aromatic nitrogens is 1. The molecule has 5 nitrogen and oxygen atoms in total. The van der Waals surface area contributed by atoms with Crippen molar-refractivity contribution in [1.29, 1.82) is 0 Å². The third-order valence-electron chi connectivity index (χ3n) is 4.19. The van der Waals surface area contributed by atoms with Crippen LogP contribution in [0.1, 0.15) is 22.2 Å². The number of halogens is 2. The van der Waals surface area contributed by atoms with Crippen LogP contribution in [-0.4, -0.2) is 17.1 Å². The van der Waals surface area contributed by atoms with Gasteiger partial charge in [0, 0.05) is 21.5 Å². The molecule has 3 rings (SSSR count). The molecular weight excluding hydrogens is 530 g/mol. The highest BCUT2D eigenvalue weighted by molar-refractivity contribution is 9.10. The number of amides is 1. The van der Waals surface area contributed by atoms with E-state index in [0.29, 0.717) is 23.5 Å². The van der Waals surface area contributed by atoms with Crippen LogP contribution in [0.4, 0.5) is 0 Å². The van der Waals surface area contributed by atoms with E-state index in [-0.39, 0.29) is 22.9 Å². The Morgan fingerprint density at radius 1 is 1.23 bits per heavy atom. The van der Waals surface area contributed by atoms with E-state index in [1.54, 1.807) is 12.1 Å². The first-order valence-electron chi connectivity index (χ1n) is 9.17. The molecule has 1 heterocycles. The van der Waals surface area contributed by atoms with Crippen LogP contribution in [-0.2, 0) is 6.54 Å². The van der Waals surface area contributed by atoms with Crippen molar-refractivity contribution in [3.63, 3.8) is 0 Å². The van der Waals surface area contributed by atoms with Gasteiger partial charge in [0.1, 0.15) is 5.75 Å². The summed E-state index contributed by atoms with van der Waals surface area (Å²) in [6, 6.07) is 15.1. The molecule has 0 unspecified atom stereocenters. The molecule has 158 valence electrons. The summed E-state index contributed by atoms with van der Waals surface area (Å²) in [6.45, 7) is 9.09. The predicted molar refractivity (Wildman–Crippen MR) is 131 cm³/mol. The largest absolute Gasteiger partial charge is 0.494 e. The van der Waals surface area contributed by atoms with Gasteiger partial charge in [0.05, 0.1) is 12.3 Å². The molecule has 0 fully saturated rings. The van der Waals surface area contributed by atoms with Crippen molar-refractivity contribution in [1.82, 2.24) is 9.99 Å². The maximum Gasteiger partial charge on any atom is 0.271 e. The molecule has 1 amide bonds. The Kier molecular flexibility index (Phi) is 9.08. The second-order valence-electron chi connectivity index (χ2n) is 6.21. The lowest BCUT2D eigenvalue weighted by molar-refractivity contribution is 0.0953. The summed E-state index contributed by atoms with van der Waals surface area (Å²) in [4.78, 5) is 14.2. The fourth-order valence-corrected chi connectivity index (χ4v) is 4.14. The first-order chi connectivity index (χ1) is 14.0. The Bertz CT molecular complexity index is 1070. The van der Waals surface area contributed by atoms with Gasteiger partial charge in [-0.2, -0.15) is 0 Å². The maximum absolute atomic E-state index is 12.4. The van der Waals surface area contributed by atoms with Crippen LogP contribution in [0.5, 0.6) is 5.75 Å². The van der Waals surface area contributed by atoms with Crippen LogP contribution in [0, 0.1) is 6.92 Å². The summed E-state index contributed by atoms with van der Waals surface area (Å²) >= 11 is 4.89. The number of carbonyl (C=O) groups excluding carboxylic acids is 1. The van der Waals surface area contributed by atoms with Crippen LogP contribution in [0.15, 0.2) is 70.8 Å². The van der Waals surface area contributed by atoms with Crippen LogP contribution in [0.25, 0.3) is 11.3 Å². The Morgan fingerprint density at radius 2 is 1.90 bits per heavy atom. The van der Waals surface area contributed by atoms with Crippen molar-refractivity contribution in [3.8, 4) is 17.0 Å². The zero-order chi connectivity index (χ0) is 20.8. The van der Waals surface area contributed by atoms with Crippen LogP contribution in [0.3, 0.4) is 0 Å². The number of hydrogen-bond acceptors (Lipinski definition) is 4. The van der Waals surface area contributed by atoms with Gasteiger partial charge in [-0.05, 0) is 67.9 Å². The number of carbonyl (C=O) groups is 1. The second-order valence-corrected chi connectivity index (χ2v) is 8.30. The second kappa shape index (κ2) is 11.3. The topological polar surface area (TPSA) is 55.6 Å². The van der Waals surface area contributed by atoms with E-state index in [0.717, 1.165) is 26.4 Å². The van der Waals surface area contributed by atoms with Gasteiger partial charge < -0.3 is 9.30 Å². The van der Waals surface area contributed by atoms with E-state index < -0.39 is 0 Å².